The van der Waals surface area contributed by atoms with Gasteiger partial charge in [0.25, 0.3) is 5.91 Å². The van der Waals surface area contributed by atoms with Gasteiger partial charge in [0, 0.05) is 0 Å². The summed E-state index contributed by atoms with van der Waals surface area (Å²) in [5, 5.41) is 11.5. The van der Waals surface area contributed by atoms with E-state index in [1.165, 1.54) is 33.9 Å². The van der Waals surface area contributed by atoms with Crippen LogP contribution >= 0.6 is 11.3 Å². The molecule has 8 nitrogen and oxygen atoms in total. The predicted octanol–water partition coefficient (Wildman–Crippen LogP) is 2.93. The number of likely N-dealkylation sites (N-methyl/N-ethyl adjacent to an activating group) is 1. The first kappa shape index (κ1) is 20.9. The van der Waals surface area contributed by atoms with Crippen molar-refractivity contribution in [1.82, 2.24) is 4.98 Å². The third-order valence-corrected chi connectivity index (χ3v) is 6.04. The van der Waals surface area contributed by atoms with Crippen LogP contribution < -0.4 is 9.80 Å². The van der Waals surface area contributed by atoms with Gasteiger partial charge in [-0.15, -0.1) is 0 Å². The monoisotopic (exact) mass is 417 g/mol. The number of fused-ring (bicyclic) bond motifs is 1. The number of carbonyl (C=O) groups is 1. The lowest BCUT2D eigenvalue weighted by atomic mass is 10.2. The molecule has 0 aliphatic carbocycles. The minimum Gasteiger partial charge on any atom is -0.395 e. The molecule has 1 aromatic carbocycles. The van der Waals surface area contributed by atoms with E-state index in [2.05, 4.69) is 31.8 Å². The molecular weight excluding hydrogens is 392 g/mol. The van der Waals surface area contributed by atoms with E-state index < -0.39 is 16.7 Å². The standard InChI is InChI=1S/C20H24N4O4S/c1-4-14-7-8-15-17(13-14)29-20(21-15)23(12-11-22(5-2)6-3)19(25)16-9-10-18(28-16)24(26)27/h7-10,13H,4-6,11-12H2,1-3H3/p+1. The zero-order valence-corrected chi connectivity index (χ0v) is 17.6. The number of carbonyl (C=O) groups excluding carboxylic acids is 1. The maximum Gasteiger partial charge on any atom is 0.433 e. The SMILES string of the molecule is CCc1ccc2nc(N(CC[NH+](CC)CC)C(=O)c3ccc([N+](=O)[O-])o3)sc2c1. The third kappa shape index (κ3) is 4.63. The molecule has 0 aliphatic heterocycles. The fourth-order valence-electron chi connectivity index (χ4n) is 3.12. The molecule has 0 spiro atoms. The molecule has 154 valence electrons. The molecule has 3 aromatic rings. The first-order valence-corrected chi connectivity index (χ1v) is 10.6. The zero-order chi connectivity index (χ0) is 21.0. The molecule has 0 radical (unpaired) electrons. The van der Waals surface area contributed by atoms with Crippen molar-refractivity contribution in [2.45, 2.75) is 27.2 Å². The van der Waals surface area contributed by atoms with Crippen LogP contribution in [0.25, 0.3) is 10.2 Å². The minimum atomic E-state index is -0.648. The van der Waals surface area contributed by atoms with Crippen molar-refractivity contribution in [3.63, 3.8) is 0 Å². The molecule has 0 bridgehead atoms. The van der Waals surface area contributed by atoms with Crippen molar-refractivity contribution in [2.75, 3.05) is 31.1 Å². The maximum absolute atomic E-state index is 13.1. The number of amides is 1. The van der Waals surface area contributed by atoms with E-state index in [1.54, 1.807) is 4.90 Å². The molecule has 2 heterocycles. The van der Waals surface area contributed by atoms with Crippen molar-refractivity contribution in [2.24, 2.45) is 0 Å². The summed E-state index contributed by atoms with van der Waals surface area (Å²) in [5.41, 5.74) is 2.04. The van der Waals surface area contributed by atoms with E-state index in [9.17, 15) is 14.9 Å². The number of nitro groups is 1. The number of aromatic nitrogens is 1. The van der Waals surface area contributed by atoms with Gasteiger partial charge in [0.15, 0.2) is 10.9 Å². The quantitative estimate of drug-likeness (QED) is 0.427. The van der Waals surface area contributed by atoms with Gasteiger partial charge in [0.1, 0.15) is 4.92 Å². The first-order valence-electron chi connectivity index (χ1n) is 9.75. The number of anilines is 1. The Morgan fingerprint density at radius 1 is 1.24 bits per heavy atom. The number of nitrogens with one attached hydrogen (secondary N) is 1. The second-order valence-corrected chi connectivity index (χ2v) is 7.72. The molecular formula is C20H25N4O4S+. The third-order valence-electron chi connectivity index (χ3n) is 5.00. The van der Waals surface area contributed by atoms with Crippen molar-refractivity contribution in [3.8, 4) is 0 Å². The number of hydrogen-bond acceptors (Lipinski definition) is 6. The Bertz CT molecular complexity index is 1010. The summed E-state index contributed by atoms with van der Waals surface area (Å²) in [6, 6.07) is 8.64. The van der Waals surface area contributed by atoms with Crippen LogP contribution in [0.4, 0.5) is 11.0 Å². The lowest BCUT2D eigenvalue weighted by Gasteiger charge is -2.22. The molecule has 9 heteroatoms. The molecule has 29 heavy (non-hydrogen) atoms. The van der Waals surface area contributed by atoms with Gasteiger partial charge in [0.05, 0.1) is 42.5 Å². The Labute approximate surface area is 172 Å². The largest absolute Gasteiger partial charge is 0.433 e. The Morgan fingerprint density at radius 2 is 2.00 bits per heavy atom. The summed E-state index contributed by atoms with van der Waals surface area (Å²) < 4.78 is 6.17. The Kier molecular flexibility index (Phi) is 6.60. The summed E-state index contributed by atoms with van der Waals surface area (Å²) in [4.78, 5) is 31.0. The number of rotatable bonds is 9. The number of thiazole rings is 1. The van der Waals surface area contributed by atoms with E-state index in [0.717, 1.165) is 36.3 Å². The smallest absolute Gasteiger partial charge is 0.395 e. The van der Waals surface area contributed by atoms with Gasteiger partial charge in [-0.05, 0) is 44.0 Å². The van der Waals surface area contributed by atoms with Gasteiger partial charge < -0.3 is 9.32 Å². The molecule has 0 atom stereocenters. The average Bonchev–Trinajstić information content (AvgIpc) is 3.37. The lowest BCUT2D eigenvalue weighted by molar-refractivity contribution is -0.894. The Balaban J connectivity index is 1.95. The van der Waals surface area contributed by atoms with E-state index >= 15 is 0 Å². The van der Waals surface area contributed by atoms with Crippen LogP contribution in [0.2, 0.25) is 0 Å². The predicted molar refractivity (Wildman–Crippen MR) is 113 cm³/mol. The molecule has 0 fully saturated rings. The normalized spacial score (nSPS) is 11.3. The first-order chi connectivity index (χ1) is 14.0. The second kappa shape index (κ2) is 9.15. The molecule has 2 aromatic heterocycles. The molecule has 0 unspecified atom stereocenters. The highest BCUT2D eigenvalue weighted by Crippen LogP contribution is 2.31. The summed E-state index contributed by atoms with van der Waals surface area (Å²) in [5.74, 6) is -0.918. The number of quaternary nitrogens is 1. The van der Waals surface area contributed by atoms with Crippen molar-refractivity contribution < 1.29 is 19.0 Å². The van der Waals surface area contributed by atoms with Gasteiger partial charge in [-0.25, -0.2) is 4.98 Å². The Morgan fingerprint density at radius 3 is 2.62 bits per heavy atom. The number of aryl methyl sites for hydroxylation is 1. The fourth-order valence-corrected chi connectivity index (χ4v) is 4.18. The summed E-state index contributed by atoms with van der Waals surface area (Å²) in [6.45, 7) is 9.39. The number of hydrogen-bond donors (Lipinski definition) is 1. The number of furan rings is 1. The van der Waals surface area contributed by atoms with Gasteiger partial charge in [-0.1, -0.05) is 24.3 Å². The minimum absolute atomic E-state index is 0.0558. The molecule has 0 saturated heterocycles. The van der Waals surface area contributed by atoms with Gasteiger partial charge in [-0.2, -0.15) is 0 Å². The average molecular weight is 418 g/mol. The summed E-state index contributed by atoms with van der Waals surface area (Å²) in [7, 11) is 0. The molecule has 0 saturated carbocycles. The second-order valence-electron chi connectivity index (χ2n) is 6.71. The number of benzene rings is 1. The van der Waals surface area contributed by atoms with Gasteiger partial charge >= 0.3 is 5.88 Å². The fraction of sp³-hybridized carbons (Fsp3) is 0.400. The summed E-state index contributed by atoms with van der Waals surface area (Å²) >= 11 is 1.45. The van der Waals surface area contributed by atoms with Gasteiger partial charge in [-0.3, -0.25) is 19.8 Å². The highest BCUT2D eigenvalue weighted by Gasteiger charge is 2.27. The van der Waals surface area contributed by atoms with Crippen LogP contribution in [-0.2, 0) is 6.42 Å². The van der Waals surface area contributed by atoms with E-state index in [1.807, 2.05) is 12.1 Å². The molecule has 0 aliphatic rings. The van der Waals surface area contributed by atoms with E-state index in [-0.39, 0.29) is 5.76 Å². The lowest BCUT2D eigenvalue weighted by Crippen LogP contribution is -3.12. The van der Waals surface area contributed by atoms with Crippen LogP contribution in [0.1, 0.15) is 36.9 Å². The maximum atomic E-state index is 13.1. The van der Waals surface area contributed by atoms with Crippen LogP contribution in [0, 0.1) is 10.1 Å². The van der Waals surface area contributed by atoms with Crippen LogP contribution in [0.5, 0.6) is 0 Å². The van der Waals surface area contributed by atoms with Crippen LogP contribution in [-0.4, -0.2) is 42.0 Å². The highest BCUT2D eigenvalue weighted by molar-refractivity contribution is 7.22. The van der Waals surface area contributed by atoms with E-state index in [0.29, 0.717) is 11.7 Å². The Hall–Kier alpha value is -2.78. The van der Waals surface area contributed by atoms with Crippen molar-refractivity contribution in [1.29, 1.82) is 0 Å². The summed E-state index contributed by atoms with van der Waals surface area (Å²) in [6.07, 6.45) is 0.924. The number of nitrogens with zero attached hydrogens (tertiary/aromatic N) is 3. The van der Waals surface area contributed by atoms with Crippen molar-refractivity contribution >= 4 is 38.5 Å². The van der Waals surface area contributed by atoms with Crippen LogP contribution in [0.15, 0.2) is 34.7 Å². The highest BCUT2D eigenvalue weighted by atomic mass is 32.1. The zero-order valence-electron chi connectivity index (χ0n) is 16.8. The van der Waals surface area contributed by atoms with Crippen LogP contribution in [0.3, 0.4) is 0 Å². The van der Waals surface area contributed by atoms with E-state index in [4.69, 9.17) is 4.42 Å². The molecule has 3 rings (SSSR count). The van der Waals surface area contributed by atoms with Crippen molar-refractivity contribution in [3.05, 3.63) is 51.8 Å². The van der Waals surface area contributed by atoms with Gasteiger partial charge in [0.2, 0.25) is 0 Å². The molecule has 1 N–H and O–H groups in total. The topological polar surface area (TPSA) is 93.9 Å². The molecule has 1 amide bonds.